The lowest BCUT2D eigenvalue weighted by molar-refractivity contribution is -0.140. The zero-order chi connectivity index (χ0) is 29.1. The van der Waals surface area contributed by atoms with Crippen LogP contribution in [0.15, 0.2) is 36.4 Å². The first kappa shape index (κ1) is 28.6. The van der Waals surface area contributed by atoms with Crippen LogP contribution < -0.4 is 11.1 Å². The minimum Gasteiger partial charge on any atom is -0.350 e. The van der Waals surface area contributed by atoms with Crippen molar-refractivity contribution in [3.63, 3.8) is 0 Å². The maximum Gasteiger partial charge on any atom is 0.243 e. The molecule has 0 bridgehead atoms. The maximum atomic E-state index is 14.4. The topological polar surface area (TPSA) is 126 Å². The fourth-order valence-corrected chi connectivity index (χ4v) is 5.80. The summed E-state index contributed by atoms with van der Waals surface area (Å²) in [5.41, 5.74) is 8.96. The van der Waals surface area contributed by atoms with Crippen LogP contribution in [0.25, 0.3) is 11.0 Å². The van der Waals surface area contributed by atoms with E-state index >= 15 is 0 Å². The van der Waals surface area contributed by atoms with Crippen LogP contribution in [0.3, 0.4) is 0 Å². The molecule has 0 unspecified atom stereocenters. The van der Waals surface area contributed by atoms with Crippen LogP contribution in [0.5, 0.6) is 0 Å². The summed E-state index contributed by atoms with van der Waals surface area (Å²) in [7, 11) is 1.80. The minimum absolute atomic E-state index is 0.0220. The first-order valence-electron chi connectivity index (χ1n) is 14.0. The van der Waals surface area contributed by atoms with Gasteiger partial charge in [0.25, 0.3) is 0 Å². The van der Waals surface area contributed by atoms with Gasteiger partial charge in [-0.25, -0.2) is 13.5 Å². The largest absolute Gasteiger partial charge is 0.350 e. The predicted octanol–water partition coefficient (Wildman–Crippen LogP) is 2.05. The van der Waals surface area contributed by atoms with Gasteiger partial charge in [0, 0.05) is 45.7 Å². The van der Waals surface area contributed by atoms with Gasteiger partial charge < -0.3 is 20.9 Å². The summed E-state index contributed by atoms with van der Waals surface area (Å²) in [6.45, 7) is 1.87. The lowest BCUT2D eigenvalue weighted by Crippen LogP contribution is -2.51. The van der Waals surface area contributed by atoms with E-state index in [0.717, 1.165) is 43.1 Å². The quantitative estimate of drug-likeness (QED) is 0.408. The van der Waals surface area contributed by atoms with Crippen LogP contribution in [-0.2, 0) is 34.4 Å². The van der Waals surface area contributed by atoms with Gasteiger partial charge in [-0.05, 0) is 67.3 Å². The molecule has 5 rings (SSSR count). The second-order valence-corrected chi connectivity index (χ2v) is 11.0. The number of amides is 3. The minimum atomic E-state index is -0.947. The third kappa shape index (κ3) is 6.53. The van der Waals surface area contributed by atoms with Crippen molar-refractivity contribution >= 4 is 28.8 Å². The number of halogens is 2. The van der Waals surface area contributed by atoms with Crippen LogP contribution >= 0.6 is 0 Å². The third-order valence-corrected chi connectivity index (χ3v) is 8.08. The molecule has 3 heterocycles. The number of nitrogens with one attached hydrogen (secondary N) is 1. The van der Waals surface area contributed by atoms with Gasteiger partial charge in [-0.1, -0.05) is 17.3 Å². The number of fused-ring (bicyclic) bond motifs is 1. The average molecular weight is 568 g/mol. The van der Waals surface area contributed by atoms with Crippen molar-refractivity contribution in [2.45, 2.75) is 57.2 Å². The molecule has 0 spiro atoms. The number of carbonyl (C=O) groups excluding carboxylic acids is 3. The Morgan fingerprint density at radius 2 is 1.90 bits per heavy atom. The Morgan fingerprint density at radius 3 is 2.66 bits per heavy atom. The number of hydrogen-bond donors (Lipinski definition) is 2. The molecule has 3 aromatic rings. The van der Waals surface area contributed by atoms with Crippen LogP contribution in [0.2, 0.25) is 0 Å². The first-order chi connectivity index (χ1) is 19.7. The maximum absolute atomic E-state index is 14.4. The number of benzene rings is 2. The molecule has 0 radical (unpaired) electrons. The molecule has 1 aromatic heterocycles. The van der Waals surface area contributed by atoms with E-state index in [4.69, 9.17) is 5.73 Å². The van der Waals surface area contributed by atoms with Crippen LogP contribution in [-0.4, -0.2) is 74.2 Å². The SMILES string of the molecule is Cn1nnc2cc(CNC(=O)[C@@H]3C[C@@H](Cc4ccc(F)cc4F)CN3C(=O)[C@H](N)CCC(=O)N3CCCC3)ccc21. The Bertz CT molecular complexity index is 1440. The molecule has 10 nitrogen and oxygen atoms in total. The van der Waals surface area contributed by atoms with E-state index in [-0.39, 0.29) is 50.1 Å². The van der Waals surface area contributed by atoms with Crippen LogP contribution in [0.4, 0.5) is 8.78 Å². The smallest absolute Gasteiger partial charge is 0.243 e. The van der Waals surface area contributed by atoms with E-state index in [9.17, 15) is 23.2 Å². The number of likely N-dealkylation sites (tertiary alicyclic amines) is 2. The monoisotopic (exact) mass is 567 g/mol. The van der Waals surface area contributed by atoms with Crippen LogP contribution in [0, 0.1) is 17.6 Å². The van der Waals surface area contributed by atoms with E-state index in [2.05, 4.69) is 15.6 Å². The summed E-state index contributed by atoms with van der Waals surface area (Å²) < 4.78 is 29.5. The van der Waals surface area contributed by atoms with Crippen LogP contribution in [0.1, 0.15) is 43.2 Å². The number of aryl methyl sites for hydroxylation is 1. The zero-order valence-electron chi connectivity index (χ0n) is 23.1. The number of hydrogen-bond acceptors (Lipinski definition) is 6. The standard InChI is InChI=1S/C29H35F2N7O3/c1-36-25-8-4-18(13-24(25)34-35-36)16-33-28(40)26-14-19(12-20-5-6-21(30)15-22(20)31)17-38(26)29(41)23(32)7-9-27(39)37-10-2-3-11-37/h4-6,8,13,15,19,23,26H,2-3,7,9-12,14,16-17,32H2,1H3,(H,33,40)/t19-,23-,26+/m1/s1. The highest BCUT2D eigenvalue weighted by Gasteiger charge is 2.41. The molecule has 0 aliphatic carbocycles. The Labute approximate surface area is 236 Å². The summed E-state index contributed by atoms with van der Waals surface area (Å²) in [5, 5.41) is 11.0. The van der Waals surface area contributed by atoms with Crippen molar-refractivity contribution in [1.29, 1.82) is 0 Å². The van der Waals surface area contributed by atoms with Gasteiger partial charge in [0.05, 0.1) is 11.6 Å². The highest BCUT2D eigenvalue weighted by molar-refractivity contribution is 5.91. The summed E-state index contributed by atoms with van der Waals surface area (Å²) in [6, 6.07) is 7.25. The van der Waals surface area contributed by atoms with Gasteiger partial charge in [-0.2, -0.15) is 0 Å². The molecule has 2 fully saturated rings. The molecule has 2 aliphatic rings. The molecular formula is C29H35F2N7O3. The van der Waals surface area contributed by atoms with Crippen molar-refractivity contribution in [2.24, 2.45) is 18.7 Å². The number of nitrogens with zero attached hydrogens (tertiary/aromatic N) is 5. The fourth-order valence-electron chi connectivity index (χ4n) is 5.80. The van der Waals surface area contributed by atoms with Gasteiger partial charge in [0.1, 0.15) is 23.2 Å². The summed E-state index contributed by atoms with van der Waals surface area (Å²) >= 11 is 0. The van der Waals surface area contributed by atoms with E-state index < -0.39 is 29.6 Å². The molecule has 3 amide bonds. The van der Waals surface area contributed by atoms with Crippen molar-refractivity contribution < 1.29 is 23.2 Å². The molecule has 2 aliphatic heterocycles. The molecule has 12 heteroatoms. The third-order valence-electron chi connectivity index (χ3n) is 8.08. The lowest BCUT2D eigenvalue weighted by Gasteiger charge is -2.27. The molecule has 2 saturated heterocycles. The normalized spacial score (nSPS) is 19.6. The second kappa shape index (κ2) is 12.3. The molecule has 41 heavy (non-hydrogen) atoms. The summed E-state index contributed by atoms with van der Waals surface area (Å²) in [4.78, 5) is 42.6. The fraction of sp³-hybridized carbons (Fsp3) is 0.483. The molecule has 2 aromatic carbocycles. The van der Waals surface area contributed by atoms with Crippen molar-refractivity contribution in [3.05, 3.63) is 59.2 Å². The van der Waals surface area contributed by atoms with E-state index in [1.807, 2.05) is 18.2 Å². The summed E-state index contributed by atoms with van der Waals surface area (Å²) in [5.74, 6) is -2.34. The highest BCUT2D eigenvalue weighted by atomic mass is 19.1. The Morgan fingerprint density at radius 1 is 1.12 bits per heavy atom. The number of carbonyl (C=O) groups is 3. The first-order valence-corrected chi connectivity index (χ1v) is 14.0. The van der Waals surface area contributed by atoms with E-state index in [1.165, 1.54) is 17.0 Å². The van der Waals surface area contributed by atoms with Gasteiger partial charge in [0.2, 0.25) is 17.7 Å². The number of nitrogens with two attached hydrogens (primary N) is 1. The molecule has 3 atom stereocenters. The molecule has 0 saturated carbocycles. The van der Waals surface area contributed by atoms with Crippen molar-refractivity contribution in [1.82, 2.24) is 30.1 Å². The van der Waals surface area contributed by atoms with E-state index in [0.29, 0.717) is 17.5 Å². The van der Waals surface area contributed by atoms with Gasteiger partial charge >= 0.3 is 0 Å². The Balaban J connectivity index is 1.26. The summed E-state index contributed by atoms with van der Waals surface area (Å²) in [6.07, 6.45) is 2.83. The highest BCUT2D eigenvalue weighted by Crippen LogP contribution is 2.29. The number of aromatic nitrogens is 3. The average Bonchev–Trinajstić information content (AvgIpc) is 3.72. The van der Waals surface area contributed by atoms with E-state index in [1.54, 1.807) is 16.6 Å². The van der Waals surface area contributed by atoms with Crippen molar-refractivity contribution in [2.75, 3.05) is 19.6 Å². The molecule has 3 N–H and O–H groups in total. The second-order valence-electron chi connectivity index (χ2n) is 11.0. The van der Waals surface area contributed by atoms with Gasteiger partial charge in [-0.3, -0.25) is 14.4 Å². The lowest BCUT2D eigenvalue weighted by atomic mass is 9.96. The molecule has 218 valence electrons. The Kier molecular flexibility index (Phi) is 8.57. The number of rotatable bonds is 9. The molecular weight excluding hydrogens is 532 g/mol. The Hall–Kier alpha value is -3.93. The zero-order valence-corrected chi connectivity index (χ0v) is 23.1. The van der Waals surface area contributed by atoms with Gasteiger partial charge in [-0.15, -0.1) is 5.10 Å². The van der Waals surface area contributed by atoms with Gasteiger partial charge in [0.15, 0.2) is 0 Å². The van der Waals surface area contributed by atoms with Crippen molar-refractivity contribution in [3.8, 4) is 0 Å². The predicted molar refractivity (Wildman–Crippen MR) is 147 cm³/mol.